The molecule has 144 valence electrons. The molecule has 8 heteroatoms. The lowest BCUT2D eigenvalue weighted by Gasteiger charge is -2.31. The highest BCUT2D eigenvalue weighted by atomic mass is 35.5. The predicted molar refractivity (Wildman–Crippen MR) is 98.5 cm³/mol. The number of likely N-dealkylation sites (tertiary alicyclic amines) is 1. The van der Waals surface area contributed by atoms with Crippen LogP contribution in [0, 0.1) is 12.7 Å². The molecule has 1 saturated heterocycles. The van der Waals surface area contributed by atoms with Gasteiger partial charge in [0.2, 0.25) is 0 Å². The number of nitrogens with zero attached hydrogens (tertiary/aromatic N) is 3. The van der Waals surface area contributed by atoms with Gasteiger partial charge in [0.25, 0.3) is 11.8 Å². The Balaban J connectivity index is 1.68. The minimum atomic E-state index is -0.474. The number of oxazole rings is 1. The first-order valence-corrected chi connectivity index (χ1v) is 9.09. The number of aromatic nitrogens is 1. The smallest absolute Gasteiger partial charge is 0.275 e. The number of hydrogen-bond donors (Lipinski definition) is 0. The van der Waals surface area contributed by atoms with Crippen molar-refractivity contribution in [3.05, 3.63) is 51.9 Å². The van der Waals surface area contributed by atoms with E-state index in [9.17, 15) is 14.0 Å². The lowest BCUT2D eigenvalue weighted by molar-refractivity contribution is 0.0706. The number of aryl methyl sites for hydroxylation is 1. The summed E-state index contributed by atoms with van der Waals surface area (Å²) in [6.45, 7) is 2.74. The van der Waals surface area contributed by atoms with Gasteiger partial charge >= 0.3 is 0 Å². The van der Waals surface area contributed by atoms with Crippen molar-refractivity contribution < 1.29 is 18.4 Å². The van der Waals surface area contributed by atoms with Crippen molar-refractivity contribution in [3.8, 4) is 0 Å². The van der Waals surface area contributed by atoms with E-state index in [0.29, 0.717) is 48.8 Å². The molecular weight excluding hydrogens is 373 g/mol. The van der Waals surface area contributed by atoms with Gasteiger partial charge in [0, 0.05) is 33.1 Å². The Morgan fingerprint density at radius 1 is 1.30 bits per heavy atom. The van der Waals surface area contributed by atoms with E-state index in [1.165, 1.54) is 17.0 Å². The fourth-order valence-electron chi connectivity index (χ4n) is 3.16. The van der Waals surface area contributed by atoms with Crippen molar-refractivity contribution in [1.82, 2.24) is 14.8 Å². The van der Waals surface area contributed by atoms with E-state index in [1.54, 1.807) is 25.9 Å². The van der Waals surface area contributed by atoms with Crippen LogP contribution < -0.4 is 0 Å². The minimum absolute atomic E-state index is 0.0418. The molecule has 0 radical (unpaired) electrons. The normalized spacial score (nSPS) is 15.1. The van der Waals surface area contributed by atoms with Crippen molar-refractivity contribution in [1.29, 1.82) is 0 Å². The summed E-state index contributed by atoms with van der Waals surface area (Å²) in [5.41, 5.74) is 0.619. The number of halogens is 2. The Morgan fingerprint density at radius 2 is 1.96 bits per heavy atom. The van der Waals surface area contributed by atoms with Crippen LogP contribution in [0.5, 0.6) is 0 Å². The zero-order valence-corrected chi connectivity index (χ0v) is 16.2. The molecule has 0 aliphatic carbocycles. The van der Waals surface area contributed by atoms with Gasteiger partial charge in [-0.25, -0.2) is 9.37 Å². The summed E-state index contributed by atoms with van der Waals surface area (Å²) >= 11 is 6.00. The van der Waals surface area contributed by atoms with Gasteiger partial charge in [-0.3, -0.25) is 9.59 Å². The molecule has 0 atom stereocenters. The summed E-state index contributed by atoms with van der Waals surface area (Å²) in [6, 6.07) is 3.77. The van der Waals surface area contributed by atoms with Crippen molar-refractivity contribution in [2.45, 2.75) is 25.7 Å². The Bertz CT molecular complexity index is 873. The van der Waals surface area contributed by atoms with Crippen molar-refractivity contribution in [2.24, 2.45) is 0 Å². The molecule has 2 amide bonds. The fraction of sp³-hybridized carbons (Fsp3) is 0.421. The number of carbonyl (C=O) groups excluding carboxylic acids is 2. The van der Waals surface area contributed by atoms with Crippen LogP contribution in [0.4, 0.5) is 4.39 Å². The quantitative estimate of drug-likeness (QED) is 0.800. The number of hydrogen-bond acceptors (Lipinski definition) is 4. The SMILES string of the molecule is Cc1oc(C2CCN(C(=O)c3ccc(F)cc3Cl)CC2)nc1C(=O)N(C)C. The van der Waals surface area contributed by atoms with E-state index >= 15 is 0 Å². The average molecular weight is 394 g/mol. The zero-order valence-electron chi connectivity index (χ0n) is 15.5. The molecule has 3 rings (SSSR count). The first kappa shape index (κ1) is 19.4. The Labute approximate surface area is 161 Å². The maximum atomic E-state index is 13.2. The molecule has 0 N–H and O–H groups in total. The highest BCUT2D eigenvalue weighted by Gasteiger charge is 2.30. The van der Waals surface area contributed by atoms with Gasteiger partial charge in [0.1, 0.15) is 11.6 Å². The molecule has 1 fully saturated rings. The number of benzene rings is 1. The molecule has 1 aromatic heterocycles. The Hall–Kier alpha value is -2.41. The second kappa shape index (κ2) is 7.68. The number of carbonyl (C=O) groups is 2. The van der Waals surface area contributed by atoms with Gasteiger partial charge < -0.3 is 14.2 Å². The van der Waals surface area contributed by atoms with Gasteiger partial charge in [0.15, 0.2) is 11.6 Å². The van der Waals surface area contributed by atoms with Crippen LogP contribution in [-0.4, -0.2) is 53.8 Å². The highest BCUT2D eigenvalue weighted by Crippen LogP contribution is 2.30. The molecule has 1 aliphatic rings. The summed E-state index contributed by atoms with van der Waals surface area (Å²) in [4.78, 5) is 32.3. The van der Waals surface area contributed by atoms with Crippen LogP contribution in [-0.2, 0) is 0 Å². The maximum absolute atomic E-state index is 13.2. The van der Waals surface area contributed by atoms with E-state index in [-0.39, 0.29) is 22.8 Å². The highest BCUT2D eigenvalue weighted by molar-refractivity contribution is 6.33. The first-order valence-electron chi connectivity index (χ1n) is 8.71. The average Bonchev–Trinajstić information content (AvgIpc) is 3.02. The molecular formula is C19H21ClFN3O3. The van der Waals surface area contributed by atoms with Crippen molar-refractivity contribution >= 4 is 23.4 Å². The molecule has 6 nitrogen and oxygen atoms in total. The van der Waals surface area contributed by atoms with Crippen LogP contribution >= 0.6 is 11.6 Å². The third kappa shape index (κ3) is 3.98. The van der Waals surface area contributed by atoms with Gasteiger partial charge in [0.05, 0.1) is 10.6 Å². The fourth-order valence-corrected chi connectivity index (χ4v) is 3.41. The summed E-state index contributed by atoms with van der Waals surface area (Å²) < 4.78 is 18.9. The van der Waals surface area contributed by atoms with Crippen LogP contribution in [0.3, 0.4) is 0 Å². The van der Waals surface area contributed by atoms with Gasteiger partial charge in [-0.2, -0.15) is 0 Å². The summed E-state index contributed by atoms with van der Waals surface area (Å²) in [7, 11) is 3.33. The van der Waals surface area contributed by atoms with Crippen molar-refractivity contribution in [2.75, 3.05) is 27.2 Å². The van der Waals surface area contributed by atoms with E-state index in [1.807, 2.05) is 0 Å². The first-order chi connectivity index (χ1) is 12.8. The minimum Gasteiger partial charge on any atom is -0.445 e. The molecule has 0 unspecified atom stereocenters. The van der Waals surface area contributed by atoms with E-state index in [2.05, 4.69) is 4.98 Å². The van der Waals surface area contributed by atoms with Crippen LogP contribution in [0.1, 0.15) is 51.3 Å². The van der Waals surface area contributed by atoms with Crippen LogP contribution in [0.25, 0.3) is 0 Å². The molecule has 1 aliphatic heterocycles. The molecule has 1 aromatic carbocycles. The molecule has 2 heterocycles. The summed E-state index contributed by atoms with van der Waals surface area (Å²) in [6.07, 6.45) is 1.33. The second-order valence-electron chi connectivity index (χ2n) is 6.85. The molecule has 0 spiro atoms. The third-order valence-corrected chi connectivity index (χ3v) is 5.03. The number of amides is 2. The lowest BCUT2D eigenvalue weighted by atomic mass is 9.96. The largest absolute Gasteiger partial charge is 0.445 e. The third-order valence-electron chi connectivity index (χ3n) is 4.71. The second-order valence-corrected chi connectivity index (χ2v) is 7.25. The van der Waals surface area contributed by atoms with E-state index < -0.39 is 5.82 Å². The molecule has 0 saturated carbocycles. The molecule has 0 bridgehead atoms. The maximum Gasteiger partial charge on any atom is 0.275 e. The summed E-state index contributed by atoms with van der Waals surface area (Å²) in [5, 5.41) is 0.109. The van der Waals surface area contributed by atoms with Gasteiger partial charge in [-0.15, -0.1) is 0 Å². The number of piperidine rings is 1. The number of rotatable bonds is 3. The Kier molecular flexibility index (Phi) is 5.51. The lowest BCUT2D eigenvalue weighted by Crippen LogP contribution is -2.38. The summed E-state index contributed by atoms with van der Waals surface area (Å²) in [5.74, 6) is 0.189. The van der Waals surface area contributed by atoms with E-state index in [0.717, 1.165) is 6.07 Å². The monoisotopic (exact) mass is 393 g/mol. The molecule has 27 heavy (non-hydrogen) atoms. The standard InChI is InChI=1S/C19H21ClFN3O3/c1-11-16(19(26)23(2)3)22-17(27-11)12-6-8-24(9-7-12)18(25)14-5-4-13(21)10-15(14)20/h4-5,10,12H,6-9H2,1-3H3. The van der Waals surface area contributed by atoms with E-state index in [4.69, 9.17) is 16.0 Å². The van der Waals surface area contributed by atoms with Crippen LogP contribution in [0.2, 0.25) is 5.02 Å². The van der Waals surface area contributed by atoms with Gasteiger partial charge in [-0.1, -0.05) is 11.6 Å². The molecule has 2 aromatic rings. The Morgan fingerprint density at radius 3 is 2.56 bits per heavy atom. The topological polar surface area (TPSA) is 66.7 Å². The van der Waals surface area contributed by atoms with Crippen molar-refractivity contribution in [3.63, 3.8) is 0 Å². The zero-order chi connectivity index (χ0) is 19.7. The van der Waals surface area contributed by atoms with Gasteiger partial charge in [-0.05, 0) is 38.0 Å². The predicted octanol–water partition coefficient (Wildman–Crippen LogP) is 3.50. The van der Waals surface area contributed by atoms with Crippen LogP contribution in [0.15, 0.2) is 22.6 Å².